The number of rotatable bonds is 3. The fraction of sp³-hybridized carbons (Fsp3) is 0. The van der Waals surface area contributed by atoms with Gasteiger partial charge in [-0.05, 0) is 64.7 Å². The van der Waals surface area contributed by atoms with Gasteiger partial charge in [0.25, 0.3) is 0 Å². The molecule has 5 aromatic carbocycles. The maximum Gasteiger partial charge on any atom is 0.187 e. The minimum Gasteiger partial charge on any atom is -0.309 e. The van der Waals surface area contributed by atoms with Gasteiger partial charge in [0, 0.05) is 39.6 Å². The zero-order valence-electron chi connectivity index (χ0n) is 22.0. The molecule has 0 aliphatic heterocycles. The molecule has 0 fully saturated rings. The average molecular weight is 523 g/mol. The molecule has 0 amide bonds. The van der Waals surface area contributed by atoms with Crippen molar-refractivity contribution in [3.8, 4) is 27.9 Å². The topological polar surface area (TPSA) is 35.1 Å². The van der Waals surface area contributed by atoms with E-state index in [0.717, 1.165) is 60.8 Å². The Balaban J connectivity index is 1.41. The van der Waals surface area contributed by atoms with Crippen LogP contribution in [-0.2, 0) is 0 Å². The van der Waals surface area contributed by atoms with Crippen LogP contribution in [-0.4, -0.2) is 14.5 Å². The average Bonchev–Trinajstić information content (AvgIpc) is 3.37. The number of pyridine rings is 2. The molecule has 0 aliphatic carbocycles. The summed E-state index contributed by atoms with van der Waals surface area (Å²) in [5.41, 5.74) is 10.4. The van der Waals surface area contributed by atoms with Gasteiger partial charge in [-0.1, -0.05) is 78.9 Å². The van der Waals surface area contributed by atoms with E-state index in [1.807, 2.05) is 48.8 Å². The summed E-state index contributed by atoms with van der Waals surface area (Å²) in [5, 5.41) is 4.57. The zero-order valence-corrected chi connectivity index (χ0v) is 22.0. The first-order valence-electron chi connectivity index (χ1n) is 13.5. The molecule has 41 heavy (non-hydrogen) atoms. The molecule has 0 N–H and O–H groups in total. The standard InChI is InChI=1S/C37H22N4/c1-38-28-15-11-24(12-16-28)25-13-17-30-31-18-14-26(23-35(31)41(34(30)22-25)29-8-3-2-4-9-29)33-21-27-7-5-19-39-36(27)37-32(33)10-6-20-40-37/h2-23H. The van der Waals surface area contributed by atoms with Crippen LogP contribution in [0, 0.1) is 6.57 Å². The van der Waals surface area contributed by atoms with Crippen LogP contribution in [0.25, 0.3) is 76.4 Å². The Bertz CT molecular complexity index is 2310. The molecule has 0 saturated heterocycles. The number of nitrogens with zero attached hydrogens (tertiary/aromatic N) is 4. The van der Waals surface area contributed by atoms with Gasteiger partial charge in [0.15, 0.2) is 5.69 Å². The highest BCUT2D eigenvalue weighted by molar-refractivity contribution is 6.14. The first-order chi connectivity index (χ1) is 20.3. The molecular formula is C37H22N4. The van der Waals surface area contributed by atoms with Crippen LogP contribution in [0.15, 0.2) is 134 Å². The minimum absolute atomic E-state index is 0.646. The van der Waals surface area contributed by atoms with Crippen molar-refractivity contribution in [1.82, 2.24) is 14.5 Å². The van der Waals surface area contributed by atoms with Gasteiger partial charge < -0.3 is 4.57 Å². The minimum atomic E-state index is 0.646. The van der Waals surface area contributed by atoms with E-state index in [1.165, 1.54) is 10.8 Å². The maximum absolute atomic E-state index is 7.29. The fourth-order valence-electron chi connectivity index (χ4n) is 5.96. The van der Waals surface area contributed by atoms with Crippen LogP contribution >= 0.6 is 0 Å². The van der Waals surface area contributed by atoms with Crippen LogP contribution in [0.5, 0.6) is 0 Å². The maximum atomic E-state index is 7.29. The normalized spacial score (nSPS) is 11.4. The number of aromatic nitrogens is 3. The molecule has 0 spiro atoms. The van der Waals surface area contributed by atoms with Crippen LogP contribution < -0.4 is 0 Å². The highest BCUT2D eigenvalue weighted by atomic mass is 15.0. The lowest BCUT2D eigenvalue weighted by molar-refractivity contribution is 1.18. The molecule has 0 unspecified atom stereocenters. The third-order valence-electron chi connectivity index (χ3n) is 7.88. The summed E-state index contributed by atoms with van der Waals surface area (Å²) in [6.45, 7) is 7.29. The molecule has 0 atom stereocenters. The van der Waals surface area contributed by atoms with Crippen LogP contribution in [0.2, 0.25) is 0 Å². The van der Waals surface area contributed by atoms with Crippen molar-refractivity contribution in [3.05, 3.63) is 145 Å². The van der Waals surface area contributed by atoms with Gasteiger partial charge in [0.1, 0.15) is 0 Å². The Labute approximate surface area is 236 Å². The third kappa shape index (κ3) is 3.68. The molecule has 8 aromatic rings. The lowest BCUT2D eigenvalue weighted by Crippen LogP contribution is -1.94. The number of hydrogen-bond acceptors (Lipinski definition) is 2. The Morgan fingerprint density at radius 2 is 1.20 bits per heavy atom. The monoisotopic (exact) mass is 522 g/mol. The van der Waals surface area contributed by atoms with E-state index in [2.05, 4.69) is 99.3 Å². The van der Waals surface area contributed by atoms with Crippen molar-refractivity contribution in [2.24, 2.45) is 0 Å². The SMILES string of the molecule is [C-]#[N+]c1ccc(-c2ccc3c4ccc(-c5cc6cccnc6c6ncccc56)cc4n(-c4ccccc4)c3c2)cc1. The second-order valence-corrected chi connectivity index (χ2v) is 10.2. The van der Waals surface area contributed by atoms with E-state index in [0.29, 0.717) is 5.69 Å². The summed E-state index contributed by atoms with van der Waals surface area (Å²) in [5.74, 6) is 0. The van der Waals surface area contributed by atoms with Gasteiger partial charge in [-0.3, -0.25) is 9.97 Å². The van der Waals surface area contributed by atoms with Crippen molar-refractivity contribution in [2.45, 2.75) is 0 Å². The number of hydrogen-bond donors (Lipinski definition) is 0. The molecule has 0 bridgehead atoms. The largest absolute Gasteiger partial charge is 0.309 e. The summed E-state index contributed by atoms with van der Waals surface area (Å²) in [6.07, 6.45) is 3.66. The van der Waals surface area contributed by atoms with E-state index < -0.39 is 0 Å². The summed E-state index contributed by atoms with van der Waals surface area (Å²) in [7, 11) is 0. The molecule has 3 heterocycles. The summed E-state index contributed by atoms with van der Waals surface area (Å²) in [4.78, 5) is 12.9. The Morgan fingerprint density at radius 3 is 1.95 bits per heavy atom. The van der Waals surface area contributed by atoms with Gasteiger partial charge in [-0.15, -0.1) is 0 Å². The predicted octanol–water partition coefficient (Wildman–Crippen LogP) is 9.76. The smallest absolute Gasteiger partial charge is 0.187 e. The molecule has 4 nitrogen and oxygen atoms in total. The predicted molar refractivity (Wildman–Crippen MR) is 169 cm³/mol. The summed E-state index contributed by atoms with van der Waals surface area (Å²) < 4.78 is 2.36. The van der Waals surface area contributed by atoms with Crippen molar-refractivity contribution in [1.29, 1.82) is 0 Å². The quantitative estimate of drug-likeness (QED) is 0.171. The molecule has 0 saturated carbocycles. The van der Waals surface area contributed by atoms with Gasteiger partial charge >= 0.3 is 0 Å². The molecule has 0 aliphatic rings. The Kier molecular flexibility index (Phi) is 5.16. The van der Waals surface area contributed by atoms with Crippen LogP contribution in [0.3, 0.4) is 0 Å². The van der Waals surface area contributed by atoms with E-state index in [9.17, 15) is 0 Å². The van der Waals surface area contributed by atoms with Gasteiger partial charge in [0.05, 0.1) is 28.6 Å². The molecule has 3 aromatic heterocycles. The van der Waals surface area contributed by atoms with E-state index in [-0.39, 0.29) is 0 Å². The number of fused-ring (bicyclic) bond motifs is 6. The van der Waals surface area contributed by atoms with Gasteiger partial charge in [-0.25, -0.2) is 4.85 Å². The third-order valence-corrected chi connectivity index (χ3v) is 7.88. The van der Waals surface area contributed by atoms with E-state index in [1.54, 1.807) is 0 Å². The molecule has 4 heteroatoms. The van der Waals surface area contributed by atoms with Crippen LogP contribution in [0.1, 0.15) is 0 Å². The number of para-hydroxylation sites is 1. The van der Waals surface area contributed by atoms with Gasteiger partial charge in [-0.2, -0.15) is 0 Å². The van der Waals surface area contributed by atoms with Crippen molar-refractivity contribution in [3.63, 3.8) is 0 Å². The fourth-order valence-corrected chi connectivity index (χ4v) is 5.96. The van der Waals surface area contributed by atoms with Crippen molar-refractivity contribution < 1.29 is 0 Å². The van der Waals surface area contributed by atoms with Gasteiger partial charge in [0.2, 0.25) is 0 Å². The molecule has 0 radical (unpaired) electrons. The highest BCUT2D eigenvalue weighted by Crippen LogP contribution is 2.39. The summed E-state index contributed by atoms with van der Waals surface area (Å²) in [6, 6.07) is 42.2. The Hall–Kier alpha value is -5.79. The Morgan fingerprint density at radius 1 is 0.537 bits per heavy atom. The summed E-state index contributed by atoms with van der Waals surface area (Å²) >= 11 is 0. The molecule has 190 valence electrons. The lowest BCUT2D eigenvalue weighted by Gasteiger charge is -2.12. The van der Waals surface area contributed by atoms with Crippen molar-refractivity contribution in [2.75, 3.05) is 0 Å². The lowest BCUT2D eigenvalue weighted by atomic mass is 9.96. The number of benzene rings is 5. The second kappa shape index (κ2) is 9.15. The first-order valence-corrected chi connectivity index (χ1v) is 13.5. The molecular weight excluding hydrogens is 500 g/mol. The van der Waals surface area contributed by atoms with Crippen LogP contribution in [0.4, 0.5) is 5.69 Å². The zero-order chi connectivity index (χ0) is 27.3. The molecule has 8 rings (SSSR count). The highest BCUT2D eigenvalue weighted by Gasteiger charge is 2.16. The van der Waals surface area contributed by atoms with Crippen molar-refractivity contribution >= 4 is 49.3 Å². The van der Waals surface area contributed by atoms with E-state index >= 15 is 0 Å². The first kappa shape index (κ1) is 23.1. The second-order valence-electron chi connectivity index (χ2n) is 10.2. The van der Waals surface area contributed by atoms with E-state index in [4.69, 9.17) is 11.6 Å².